The molecule has 4 nitrogen and oxygen atoms in total. The molecule has 0 aromatic rings. The Morgan fingerprint density at radius 2 is 2.19 bits per heavy atom. The van der Waals surface area contributed by atoms with Gasteiger partial charge in [0, 0.05) is 32.7 Å². The van der Waals surface area contributed by atoms with Gasteiger partial charge in [0.1, 0.15) is 0 Å². The van der Waals surface area contributed by atoms with E-state index in [4.69, 9.17) is 10.5 Å². The lowest BCUT2D eigenvalue weighted by atomic mass is 10.2. The molecule has 1 saturated carbocycles. The summed E-state index contributed by atoms with van der Waals surface area (Å²) in [4.78, 5) is 11.3. The molecule has 0 spiro atoms. The van der Waals surface area contributed by atoms with Gasteiger partial charge in [-0.25, -0.2) is 0 Å². The van der Waals surface area contributed by atoms with Crippen molar-refractivity contribution in [3.63, 3.8) is 0 Å². The van der Waals surface area contributed by atoms with Crippen molar-refractivity contribution >= 4 is 18.3 Å². The van der Waals surface area contributed by atoms with Gasteiger partial charge in [-0.05, 0) is 31.6 Å². The van der Waals surface area contributed by atoms with Gasteiger partial charge in [0.25, 0.3) is 0 Å². The van der Waals surface area contributed by atoms with Crippen LogP contribution in [0.25, 0.3) is 0 Å². The van der Waals surface area contributed by atoms with Gasteiger partial charge in [-0.1, -0.05) is 0 Å². The number of hydrogen-bond donors (Lipinski definition) is 2. The van der Waals surface area contributed by atoms with Crippen LogP contribution in [0.3, 0.4) is 0 Å². The Labute approximate surface area is 104 Å². The first-order chi connectivity index (χ1) is 7.24. The minimum absolute atomic E-state index is 0. The van der Waals surface area contributed by atoms with Gasteiger partial charge in [-0.15, -0.1) is 12.4 Å². The van der Waals surface area contributed by atoms with E-state index in [1.54, 1.807) is 7.11 Å². The van der Waals surface area contributed by atoms with Crippen molar-refractivity contribution in [2.75, 3.05) is 20.3 Å². The maximum Gasteiger partial charge on any atom is 0.220 e. The Hall–Kier alpha value is -0.320. The fourth-order valence-corrected chi connectivity index (χ4v) is 1.54. The number of nitrogens with two attached hydrogens (primary N) is 1. The molecule has 1 amide bonds. The molecule has 1 aliphatic carbocycles. The Bertz CT molecular complexity index is 198. The van der Waals surface area contributed by atoms with E-state index in [2.05, 4.69) is 5.32 Å². The van der Waals surface area contributed by atoms with Gasteiger partial charge in [-0.2, -0.15) is 0 Å². The minimum atomic E-state index is 0. The standard InChI is InChI=1S/C11H22N2O2.ClH/c1-15-7-3-2-4-11(14)13-8-10(12)9-5-6-9;/h9-10H,2-8,12H2,1H3,(H,13,14);1H. The van der Waals surface area contributed by atoms with Crippen molar-refractivity contribution < 1.29 is 9.53 Å². The number of hydrogen-bond acceptors (Lipinski definition) is 3. The Morgan fingerprint density at radius 3 is 2.75 bits per heavy atom. The number of amides is 1. The van der Waals surface area contributed by atoms with Crippen LogP contribution in [-0.2, 0) is 9.53 Å². The summed E-state index contributed by atoms with van der Waals surface area (Å²) >= 11 is 0. The van der Waals surface area contributed by atoms with Crippen molar-refractivity contribution in [2.45, 2.75) is 38.1 Å². The van der Waals surface area contributed by atoms with Crippen LogP contribution in [0.15, 0.2) is 0 Å². The quantitative estimate of drug-likeness (QED) is 0.634. The number of ether oxygens (including phenoxy) is 1. The highest BCUT2D eigenvalue weighted by Gasteiger charge is 2.28. The molecule has 1 rings (SSSR count). The summed E-state index contributed by atoms with van der Waals surface area (Å²) in [6, 6.07) is 0.160. The van der Waals surface area contributed by atoms with Crippen LogP contribution in [-0.4, -0.2) is 32.2 Å². The smallest absolute Gasteiger partial charge is 0.220 e. The lowest BCUT2D eigenvalue weighted by Crippen LogP contribution is -2.38. The summed E-state index contributed by atoms with van der Waals surface area (Å²) in [7, 11) is 1.68. The highest BCUT2D eigenvalue weighted by atomic mass is 35.5. The van der Waals surface area contributed by atoms with Crippen LogP contribution < -0.4 is 11.1 Å². The van der Waals surface area contributed by atoms with Crippen LogP contribution in [0.5, 0.6) is 0 Å². The maximum atomic E-state index is 11.3. The molecule has 1 aliphatic rings. The Balaban J connectivity index is 0.00000225. The second kappa shape index (κ2) is 8.79. The Morgan fingerprint density at radius 1 is 1.50 bits per heavy atom. The van der Waals surface area contributed by atoms with Gasteiger partial charge >= 0.3 is 0 Å². The molecular weight excluding hydrogens is 228 g/mol. The van der Waals surface area contributed by atoms with Crippen molar-refractivity contribution in [1.82, 2.24) is 5.32 Å². The topological polar surface area (TPSA) is 64.3 Å². The fourth-order valence-electron chi connectivity index (χ4n) is 1.54. The molecule has 0 radical (unpaired) electrons. The van der Waals surface area contributed by atoms with Crippen LogP contribution in [0.2, 0.25) is 0 Å². The molecule has 0 bridgehead atoms. The molecule has 0 aliphatic heterocycles. The lowest BCUT2D eigenvalue weighted by Gasteiger charge is -2.11. The number of unbranched alkanes of at least 4 members (excludes halogenated alkanes) is 1. The molecule has 0 heterocycles. The summed E-state index contributed by atoms with van der Waals surface area (Å²) in [6.45, 7) is 1.36. The minimum Gasteiger partial charge on any atom is -0.385 e. The largest absolute Gasteiger partial charge is 0.385 e. The van der Waals surface area contributed by atoms with Crippen molar-refractivity contribution in [3.8, 4) is 0 Å². The van der Waals surface area contributed by atoms with E-state index in [0.717, 1.165) is 19.4 Å². The van der Waals surface area contributed by atoms with Gasteiger partial charge < -0.3 is 15.8 Å². The van der Waals surface area contributed by atoms with Gasteiger partial charge in [0.05, 0.1) is 0 Å². The summed E-state index contributed by atoms with van der Waals surface area (Å²) in [5.74, 6) is 0.765. The van der Waals surface area contributed by atoms with Gasteiger partial charge in [0.2, 0.25) is 5.91 Å². The van der Waals surface area contributed by atoms with E-state index < -0.39 is 0 Å². The second-order valence-electron chi connectivity index (χ2n) is 4.26. The summed E-state index contributed by atoms with van der Waals surface area (Å²) in [5, 5.41) is 2.88. The zero-order valence-corrected chi connectivity index (χ0v) is 10.7. The third kappa shape index (κ3) is 7.04. The first kappa shape index (κ1) is 15.7. The molecule has 96 valence electrons. The third-order valence-electron chi connectivity index (χ3n) is 2.76. The predicted octanol–water partition coefficient (Wildman–Crippen LogP) is 1.08. The van der Waals surface area contributed by atoms with E-state index in [-0.39, 0.29) is 24.4 Å². The van der Waals surface area contributed by atoms with Crippen LogP contribution >= 0.6 is 12.4 Å². The molecule has 1 unspecified atom stereocenters. The highest BCUT2D eigenvalue weighted by molar-refractivity contribution is 5.85. The van der Waals surface area contributed by atoms with E-state index in [9.17, 15) is 4.79 Å². The van der Waals surface area contributed by atoms with Crippen LogP contribution in [0.4, 0.5) is 0 Å². The number of rotatable bonds is 8. The molecule has 0 aromatic carbocycles. The highest BCUT2D eigenvalue weighted by Crippen LogP contribution is 2.31. The monoisotopic (exact) mass is 250 g/mol. The number of carbonyl (C=O) groups excluding carboxylic acids is 1. The Kier molecular flexibility index (Phi) is 8.61. The average Bonchev–Trinajstić information content (AvgIpc) is 3.04. The van der Waals surface area contributed by atoms with Crippen LogP contribution in [0, 0.1) is 5.92 Å². The summed E-state index contributed by atoms with van der Waals surface area (Å²) in [6.07, 6.45) is 4.87. The number of carbonyl (C=O) groups is 1. The number of nitrogens with one attached hydrogen (secondary N) is 1. The third-order valence-corrected chi connectivity index (χ3v) is 2.76. The predicted molar refractivity (Wildman–Crippen MR) is 66.7 cm³/mol. The van der Waals surface area contributed by atoms with Gasteiger partial charge in [0.15, 0.2) is 0 Å². The van der Waals surface area contributed by atoms with Crippen molar-refractivity contribution in [2.24, 2.45) is 11.7 Å². The molecule has 16 heavy (non-hydrogen) atoms. The number of methoxy groups -OCH3 is 1. The molecule has 0 aromatic heterocycles. The van der Waals surface area contributed by atoms with Crippen molar-refractivity contribution in [3.05, 3.63) is 0 Å². The fraction of sp³-hybridized carbons (Fsp3) is 0.909. The molecule has 3 N–H and O–H groups in total. The summed E-state index contributed by atoms with van der Waals surface area (Å²) < 4.78 is 4.91. The lowest BCUT2D eigenvalue weighted by molar-refractivity contribution is -0.121. The maximum absolute atomic E-state index is 11.3. The first-order valence-corrected chi connectivity index (χ1v) is 5.75. The summed E-state index contributed by atoms with van der Waals surface area (Å²) in [5.41, 5.74) is 5.87. The second-order valence-corrected chi connectivity index (χ2v) is 4.26. The van der Waals surface area contributed by atoms with E-state index in [1.165, 1.54) is 12.8 Å². The van der Waals surface area contributed by atoms with E-state index in [1.807, 2.05) is 0 Å². The van der Waals surface area contributed by atoms with Crippen molar-refractivity contribution in [1.29, 1.82) is 0 Å². The average molecular weight is 251 g/mol. The van der Waals surface area contributed by atoms with E-state index in [0.29, 0.717) is 18.9 Å². The SMILES string of the molecule is COCCCCC(=O)NCC(N)C1CC1.Cl. The molecule has 5 heteroatoms. The van der Waals surface area contributed by atoms with E-state index >= 15 is 0 Å². The normalized spacial score (nSPS) is 16.4. The first-order valence-electron chi connectivity index (χ1n) is 5.75. The molecule has 1 atom stereocenters. The molecular formula is C11H23ClN2O2. The zero-order chi connectivity index (χ0) is 11.1. The van der Waals surface area contributed by atoms with Crippen LogP contribution in [0.1, 0.15) is 32.1 Å². The van der Waals surface area contributed by atoms with Gasteiger partial charge in [-0.3, -0.25) is 4.79 Å². The number of halogens is 1. The molecule has 1 fully saturated rings. The molecule has 0 saturated heterocycles. The zero-order valence-electron chi connectivity index (χ0n) is 9.91.